The second-order valence-electron chi connectivity index (χ2n) is 10.0. The number of hydrogen-bond acceptors (Lipinski definition) is 6. The Labute approximate surface area is 196 Å². The van der Waals surface area contributed by atoms with Gasteiger partial charge in [-0.2, -0.15) is 5.26 Å². The van der Waals surface area contributed by atoms with Crippen molar-refractivity contribution in [1.29, 1.82) is 5.26 Å². The molecule has 4 heterocycles. The lowest BCUT2D eigenvalue weighted by Crippen LogP contribution is -2.55. The van der Waals surface area contributed by atoms with Crippen LogP contribution in [0.5, 0.6) is 0 Å². The molecule has 1 saturated heterocycles. The molecule has 0 aliphatic carbocycles. The Morgan fingerprint density at radius 1 is 1.30 bits per heavy atom. The van der Waals surface area contributed by atoms with Crippen molar-refractivity contribution in [3.63, 3.8) is 0 Å². The third kappa shape index (κ3) is 4.72. The highest BCUT2D eigenvalue weighted by molar-refractivity contribution is 5.79. The number of amides is 1. The van der Waals surface area contributed by atoms with Gasteiger partial charge in [0, 0.05) is 49.6 Å². The average molecular weight is 448 g/mol. The Morgan fingerprint density at radius 3 is 2.73 bits per heavy atom. The van der Waals surface area contributed by atoms with Crippen LogP contribution < -0.4 is 4.90 Å². The third-order valence-corrected chi connectivity index (χ3v) is 6.60. The van der Waals surface area contributed by atoms with Crippen molar-refractivity contribution in [3.8, 4) is 6.07 Å². The lowest BCUT2D eigenvalue weighted by Gasteiger charge is -2.42. The highest BCUT2D eigenvalue weighted by Gasteiger charge is 2.35. The minimum absolute atomic E-state index is 0.0154. The predicted molar refractivity (Wildman–Crippen MR) is 127 cm³/mol. The number of piperazine rings is 1. The molecule has 7 nitrogen and oxygen atoms in total. The van der Waals surface area contributed by atoms with Gasteiger partial charge in [-0.05, 0) is 44.4 Å². The van der Waals surface area contributed by atoms with Gasteiger partial charge in [-0.15, -0.1) is 0 Å². The highest BCUT2D eigenvalue weighted by Crippen LogP contribution is 2.37. The number of carbonyl (C=O) groups excluding carboxylic acids is 1. The Hall–Kier alpha value is -2.98. The highest BCUT2D eigenvalue weighted by atomic mass is 16.5. The molecule has 2 aromatic heterocycles. The molecule has 2 aromatic rings. The first kappa shape index (κ1) is 23.2. The molecule has 4 rings (SSSR count). The van der Waals surface area contributed by atoms with E-state index in [4.69, 9.17) is 9.72 Å². The van der Waals surface area contributed by atoms with Gasteiger partial charge in [-0.3, -0.25) is 9.78 Å². The zero-order chi connectivity index (χ0) is 23.8. The number of anilines is 1. The quantitative estimate of drug-likeness (QED) is 0.712. The maximum atomic E-state index is 12.9. The van der Waals surface area contributed by atoms with Crippen molar-refractivity contribution in [3.05, 3.63) is 52.5 Å². The normalized spacial score (nSPS) is 19.8. The summed E-state index contributed by atoms with van der Waals surface area (Å²) in [5, 5.41) is 10.1. The number of nitriles is 1. The van der Waals surface area contributed by atoms with Gasteiger partial charge in [0.15, 0.2) is 0 Å². The average Bonchev–Trinajstić information content (AvgIpc) is 2.77. The second kappa shape index (κ2) is 9.11. The molecule has 0 bridgehead atoms. The lowest BCUT2D eigenvalue weighted by atomic mass is 9.86. The molecule has 0 spiro atoms. The van der Waals surface area contributed by atoms with Crippen LogP contribution >= 0.6 is 0 Å². The molecule has 2 aliphatic rings. The summed E-state index contributed by atoms with van der Waals surface area (Å²) in [7, 11) is 0. The summed E-state index contributed by atoms with van der Waals surface area (Å²) < 4.78 is 6.06. The van der Waals surface area contributed by atoms with Crippen molar-refractivity contribution >= 4 is 11.7 Å². The number of nitrogens with zero attached hydrogens (tertiary/aromatic N) is 5. The number of aromatic nitrogens is 2. The number of ether oxygens (including phenoxy) is 1. The fourth-order valence-electron chi connectivity index (χ4n) is 4.88. The zero-order valence-corrected chi connectivity index (χ0v) is 20.3. The van der Waals surface area contributed by atoms with E-state index in [0.29, 0.717) is 44.6 Å². The Morgan fingerprint density at radius 2 is 2.09 bits per heavy atom. The van der Waals surface area contributed by atoms with Crippen LogP contribution in [0.25, 0.3) is 0 Å². The molecule has 1 fully saturated rings. The van der Waals surface area contributed by atoms with Crippen LogP contribution in [0.15, 0.2) is 24.4 Å². The second-order valence-corrected chi connectivity index (χ2v) is 10.0. The smallest absolute Gasteiger partial charge is 0.228 e. The minimum Gasteiger partial charge on any atom is -0.370 e. The van der Waals surface area contributed by atoms with E-state index in [1.54, 1.807) is 6.20 Å². The van der Waals surface area contributed by atoms with Crippen LogP contribution in [0, 0.1) is 11.3 Å². The Bertz CT molecular complexity index is 1070. The maximum Gasteiger partial charge on any atom is 0.228 e. The number of rotatable bonds is 4. The summed E-state index contributed by atoms with van der Waals surface area (Å²) in [5.41, 5.74) is 4.29. The summed E-state index contributed by atoms with van der Waals surface area (Å²) in [6.45, 7) is 12.9. The topological polar surface area (TPSA) is 82.4 Å². The van der Waals surface area contributed by atoms with E-state index in [2.05, 4.69) is 50.6 Å². The summed E-state index contributed by atoms with van der Waals surface area (Å²) in [6.07, 6.45) is 2.71. The summed E-state index contributed by atoms with van der Waals surface area (Å²) in [5.74, 6) is 1.07. The monoisotopic (exact) mass is 447 g/mol. The molecule has 0 aromatic carbocycles. The molecule has 0 saturated carbocycles. The zero-order valence-electron chi connectivity index (χ0n) is 20.3. The molecule has 174 valence electrons. The van der Waals surface area contributed by atoms with Crippen LogP contribution in [0.2, 0.25) is 0 Å². The van der Waals surface area contributed by atoms with Crippen LogP contribution in [0.4, 0.5) is 5.82 Å². The predicted octanol–water partition coefficient (Wildman–Crippen LogP) is 3.60. The van der Waals surface area contributed by atoms with Crippen molar-refractivity contribution in [1.82, 2.24) is 14.9 Å². The Kier molecular flexibility index (Phi) is 6.40. The molecule has 2 aliphatic heterocycles. The van der Waals surface area contributed by atoms with Crippen LogP contribution in [0.1, 0.15) is 68.6 Å². The third-order valence-electron chi connectivity index (χ3n) is 6.60. The SMILES string of the molecule is CC(C)c1nc(N2CCN(C(=O)Cc3ccccn3)[C@H](C)C2)c(C#N)c2c1COC(C)(C)C2. The van der Waals surface area contributed by atoms with E-state index in [9.17, 15) is 10.1 Å². The van der Waals surface area contributed by atoms with E-state index in [1.165, 1.54) is 0 Å². The molecule has 1 amide bonds. The first-order valence-corrected chi connectivity index (χ1v) is 11.7. The van der Waals surface area contributed by atoms with Crippen molar-refractivity contribution in [2.45, 2.75) is 71.6 Å². The van der Waals surface area contributed by atoms with Gasteiger partial charge in [0.25, 0.3) is 0 Å². The van der Waals surface area contributed by atoms with Gasteiger partial charge in [0.1, 0.15) is 11.9 Å². The first-order valence-electron chi connectivity index (χ1n) is 11.7. The fourth-order valence-corrected chi connectivity index (χ4v) is 4.88. The lowest BCUT2D eigenvalue weighted by molar-refractivity contribution is -0.132. The molecule has 0 N–H and O–H groups in total. The van der Waals surface area contributed by atoms with E-state index in [1.807, 2.05) is 23.1 Å². The number of carbonyl (C=O) groups is 1. The molecular weight excluding hydrogens is 414 g/mol. The van der Waals surface area contributed by atoms with Crippen molar-refractivity contribution in [2.75, 3.05) is 24.5 Å². The minimum atomic E-state index is -0.310. The first-order chi connectivity index (χ1) is 15.7. The van der Waals surface area contributed by atoms with Crippen LogP contribution in [-0.4, -0.2) is 52.1 Å². The van der Waals surface area contributed by atoms with E-state index in [-0.39, 0.29) is 23.5 Å². The molecule has 0 radical (unpaired) electrons. The summed E-state index contributed by atoms with van der Waals surface area (Å²) in [4.78, 5) is 26.3. The van der Waals surface area contributed by atoms with Gasteiger partial charge in [-0.1, -0.05) is 19.9 Å². The van der Waals surface area contributed by atoms with Gasteiger partial charge in [0.2, 0.25) is 5.91 Å². The molecule has 1 atom stereocenters. The Balaban J connectivity index is 1.60. The van der Waals surface area contributed by atoms with Crippen molar-refractivity contribution < 1.29 is 9.53 Å². The summed E-state index contributed by atoms with van der Waals surface area (Å²) in [6, 6.07) is 8.11. The largest absolute Gasteiger partial charge is 0.370 e. The van der Waals surface area contributed by atoms with E-state index >= 15 is 0 Å². The standard InChI is InChI=1S/C26H33N5O2/c1-17(2)24-22-16-33-26(4,5)13-20(22)21(14-27)25(29-24)30-10-11-31(18(3)15-30)23(32)12-19-8-6-7-9-28-19/h6-9,17-18H,10-13,15-16H2,1-5H3/t18-/m1/s1. The molecule has 7 heteroatoms. The summed E-state index contributed by atoms with van der Waals surface area (Å²) >= 11 is 0. The van der Waals surface area contributed by atoms with Gasteiger partial charge in [0.05, 0.1) is 29.9 Å². The number of pyridine rings is 2. The maximum absolute atomic E-state index is 12.9. The van der Waals surface area contributed by atoms with Gasteiger partial charge < -0.3 is 14.5 Å². The molecular formula is C26H33N5O2. The molecule has 0 unspecified atom stereocenters. The van der Waals surface area contributed by atoms with Crippen LogP contribution in [0.3, 0.4) is 0 Å². The number of hydrogen-bond donors (Lipinski definition) is 0. The van der Waals surface area contributed by atoms with Crippen LogP contribution in [-0.2, 0) is 29.0 Å². The van der Waals surface area contributed by atoms with Gasteiger partial charge in [-0.25, -0.2) is 4.98 Å². The number of fused-ring (bicyclic) bond motifs is 1. The van der Waals surface area contributed by atoms with Crippen molar-refractivity contribution in [2.24, 2.45) is 0 Å². The van der Waals surface area contributed by atoms with E-state index < -0.39 is 0 Å². The fraction of sp³-hybridized carbons (Fsp3) is 0.538. The molecule has 33 heavy (non-hydrogen) atoms. The van der Waals surface area contributed by atoms with E-state index in [0.717, 1.165) is 28.3 Å². The van der Waals surface area contributed by atoms with Gasteiger partial charge >= 0.3 is 0 Å².